The number of ether oxygens (including phenoxy) is 1. The van der Waals surface area contributed by atoms with Crippen molar-refractivity contribution < 1.29 is 13.5 Å². The van der Waals surface area contributed by atoms with Crippen LogP contribution in [0.3, 0.4) is 0 Å². The highest BCUT2D eigenvalue weighted by Crippen LogP contribution is 2.28. The molecule has 4 heteroatoms. The number of hydrogen-bond donors (Lipinski definition) is 0. The van der Waals surface area contributed by atoms with Crippen LogP contribution in [0.5, 0.6) is 5.75 Å². The van der Waals surface area contributed by atoms with Crippen molar-refractivity contribution in [2.45, 2.75) is 84.5 Å². The van der Waals surface area contributed by atoms with Crippen molar-refractivity contribution in [1.82, 2.24) is 0 Å². The van der Waals surface area contributed by atoms with Crippen LogP contribution >= 0.6 is 0 Å². The first-order valence-corrected chi connectivity index (χ1v) is 11.9. The minimum absolute atomic E-state index is 0.0203. The minimum Gasteiger partial charge on any atom is -0.490 e. The SMILES string of the molecule is CCCCCCCCOc1ccc(/N=C\c2ccc(CCCCCC)cc2)c(F)c1F. The van der Waals surface area contributed by atoms with Crippen LogP contribution in [-0.2, 0) is 6.42 Å². The van der Waals surface area contributed by atoms with Crippen LogP contribution in [0, 0.1) is 11.6 Å². The van der Waals surface area contributed by atoms with Crippen LogP contribution in [0.15, 0.2) is 41.4 Å². The zero-order valence-corrected chi connectivity index (χ0v) is 19.1. The number of aliphatic imine (C=N–C) groups is 1. The molecule has 0 radical (unpaired) electrons. The van der Waals surface area contributed by atoms with Crippen LogP contribution in [0.25, 0.3) is 0 Å². The van der Waals surface area contributed by atoms with E-state index < -0.39 is 11.6 Å². The molecule has 0 aliphatic heterocycles. The van der Waals surface area contributed by atoms with Gasteiger partial charge >= 0.3 is 0 Å². The Balaban J connectivity index is 1.85. The summed E-state index contributed by atoms with van der Waals surface area (Å²) in [6, 6.07) is 11.0. The first-order valence-electron chi connectivity index (χ1n) is 11.9. The molecule has 0 N–H and O–H groups in total. The van der Waals surface area contributed by atoms with Crippen molar-refractivity contribution in [3.05, 3.63) is 59.2 Å². The van der Waals surface area contributed by atoms with Gasteiger partial charge < -0.3 is 4.74 Å². The van der Waals surface area contributed by atoms with E-state index in [0.29, 0.717) is 6.61 Å². The van der Waals surface area contributed by atoms with Crippen molar-refractivity contribution in [3.8, 4) is 5.75 Å². The molecule has 0 heterocycles. The van der Waals surface area contributed by atoms with E-state index in [-0.39, 0.29) is 11.4 Å². The Bertz CT molecular complexity index is 787. The topological polar surface area (TPSA) is 21.6 Å². The maximum absolute atomic E-state index is 14.4. The van der Waals surface area contributed by atoms with Crippen LogP contribution in [0.2, 0.25) is 0 Å². The average molecular weight is 430 g/mol. The van der Waals surface area contributed by atoms with Crippen molar-refractivity contribution >= 4 is 11.9 Å². The number of halogens is 2. The molecule has 0 spiro atoms. The second-order valence-electron chi connectivity index (χ2n) is 8.14. The van der Waals surface area contributed by atoms with Crippen LogP contribution < -0.4 is 4.74 Å². The van der Waals surface area contributed by atoms with E-state index in [9.17, 15) is 8.78 Å². The zero-order chi connectivity index (χ0) is 22.3. The summed E-state index contributed by atoms with van der Waals surface area (Å²) in [5, 5.41) is 0. The third kappa shape index (κ3) is 9.20. The van der Waals surface area contributed by atoms with Gasteiger partial charge in [-0.3, -0.25) is 4.99 Å². The molecule has 0 fully saturated rings. The molecule has 170 valence electrons. The highest BCUT2D eigenvalue weighted by molar-refractivity contribution is 5.82. The first kappa shape index (κ1) is 25.0. The quantitative estimate of drug-likeness (QED) is 0.205. The van der Waals surface area contributed by atoms with E-state index in [0.717, 1.165) is 31.2 Å². The zero-order valence-electron chi connectivity index (χ0n) is 19.1. The van der Waals surface area contributed by atoms with Gasteiger partial charge in [-0.05, 0) is 42.5 Å². The summed E-state index contributed by atoms with van der Waals surface area (Å²) in [7, 11) is 0. The molecule has 0 unspecified atom stereocenters. The van der Waals surface area contributed by atoms with Crippen LogP contribution in [0.1, 0.15) is 89.2 Å². The van der Waals surface area contributed by atoms with E-state index in [1.807, 2.05) is 12.1 Å². The molecule has 2 nitrogen and oxygen atoms in total. The second kappa shape index (κ2) is 14.7. The fourth-order valence-corrected chi connectivity index (χ4v) is 3.47. The van der Waals surface area contributed by atoms with Gasteiger partial charge in [-0.25, -0.2) is 4.39 Å². The van der Waals surface area contributed by atoms with Crippen molar-refractivity contribution in [2.24, 2.45) is 4.99 Å². The summed E-state index contributed by atoms with van der Waals surface area (Å²) in [4.78, 5) is 4.14. The average Bonchev–Trinajstić information content (AvgIpc) is 2.79. The molecule has 0 aromatic heterocycles. The van der Waals surface area contributed by atoms with Crippen molar-refractivity contribution in [1.29, 1.82) is 0 Å². The smallest absolute Gasteiger partial charge is 0.202 e. The number of hydrogen-bond acceptors (Lipinski definition) is 2. The Morgan fingerprint density at radius 3 is 2.10 bits per heavy atom. The fourth-order valence-electron chi connectivity index (χ4n) is 3.47. The predicted molar refractivity (Wildman–Crippen MR) is 127 cm³/mol. The summed E-state index contributed by atoms with van der Waals surface area (Å²) >= 11 is 0. The highest BCUT2D eigenvalue weighted by Gasteiger charge is 2.14. The van der Waals surface area contributed by atoms with E-state index in [2.05, 4.69) is 31.0 Å². The van der Waals surface area contributed by atoms with Crippen LogP contribution in [0.4, 0.5) is 14.5 Å². The molecule has 2 aromatic carbocycles. The van der Waals surface area contributed by atoms with Gasteiger partial charge in [-0.15, -0.1) is 0 Å². The largest absolute Gasteiger partial charge is 0.490 e. The Kier molecular flexibility index (Phi) is 11.9. The molecular weight excluding hydrogens is 392 g/mol. The summed E-state index contributed by atoms with van der Waals surface area (Å²) in [5.41, 5.74) is 2.13. The molecule has 2 rings (SSSR count). The van der Waals surface area contributed by atoms with E-state index in [1.165, 1.54) is 62.6 Å². The van der Waals surface area contributed by atoms with Gasteiger partial charge in [-0.1, -0.05) is 89.5 Å². The Labute approximate surface area is 186 Å². The molecule has 0 aliphatic rings. The monoisotopic (exact) mass is 429 g/mol. The third-order valence-electron chi connectivity index (χ3n) is 5.43. The fraction of sp³-hybridized carbons (Fsp3) is 0.519. The molecular formula is C27H37F2NO. The Hall–Kier alpha value is -2.23. The Morgan fingerprint density at radius 2 is 1.39 bits per heavy atom. The standard InChI is InChI=1S/C27H37F2NO/c1-3-5-7-9-10-12-20-31-25-19-18-24(26(28)27(25)29)30-21-23-16-14-22(15-17-23)13-11-8-6-4-2/h14-19,21H,3-13,20H2,1-2H3/b30-21-. The summed E-state index contributed by atoms with van der Waals surface area (Å²) < 4.78 is 34.1. The number of nitrogens with zero attached hydrogens (tertiary/aromatic N) is 1. The molecule has 0 amide bonds. The van der Waals surface area contributed by atoms with E-state index in [4.69, 9.17) is 4.74 Å². The highest BCUT2D eigenvalue weighted by atomic mass is 19.2. The van der Waals surface area contributed by atoms with Crippen LogP contribution in [-0.4, -0.2) is 12.8 Å². The maximum atomic E-state index is 14.4. The third-order valence-corrected chi connectivity index (χ3v) is 5.43. The Morgan fingerprint density at radius 1 is 0.742 bits per heavy atom. The van der Waals surface area contributed by atoms with Gasteiger partial charge in [0.25, 0.3) is 0 Å². The molecule has 0 atom stereocenters. The lowest BCUT2D eigenvalue weighted by atomic mass is 10.0. The minimum atomic E-state index is -0.969. The summed E-state index contributed by atoms with van der Waals surface area (Å²) in [5.74, 6) is -1.98. The van der Waals surface area contributed by atoms with Gasteiger partial charge in [0.1, 0.15) is 5.69 Å². The van der Waals surface area contributed by atoms with Gasteiger partial charge in [0.05, 0.1) is 6.61 Å². The first-order chi connectivity index (χ1) is 15.2. The number of rotatable bonds is 15. The van der Waals surface area contributed by atoms with E-state index >= 15 is 0 Å². The van der Waals surface area contributed by atoms with E-state index in [1.54, 1.807) is 6.21 Å². The summed E-state index contributed by atoms with van der Waals surface area (Å²) in [6.45, 7) is 4.79. The maximum Gasteiger partial charge on any atom is 0.202 e. The lowest BCUT2D eigenvalue weighted by molar-refractivity contribution is 0.285. The lowest BCUT2D eigenvalue weighted by Gasteiger charge is -2.09. The van der Waals surface area contributed by atoms with Gasteiger partial charge in [0.2, 0.25) is 5.82 Å². The van der Waals surface area contributed by atoms with Crippen molar-refractivity contribution in [3.63, 3.8) is 0 Å². The number of benzene rings is 2. The summed E-state index contributed by atoms with van der Waals surface area (Å²) in [6.07, 6.45) is 14.3. The normalized spacial score (nSPS) is 11.4. The lowest BCUT2D eigenvalue weighted by Crippen LogP contribution is -2.01. The molecule has 0 aliphatic carbocycles. The van der Waals surface area contributed by atoms with Gasteiger partial charge in [0, 0.05) is 6.21 Å². The molecule has 0 bridgehead atoms. The number of unbranched alkanes of at least 4 members (excludes halogenated alkanes) is 8. The molecule has 0 saturated carbocycles. The van der Waals surface area contributed by atoms with Crippen molar-refractivity contribution in [2.75, 3.05) is 6.61 Å². The van der Waals surface area contributed by atoms with Gasteiger partial charge in [0.15, 0.2) is 11.6 Å². The number of aryl methyl sites for hydroxylation is 1. The predicted octanol–water partition coefficient (Wildman–Crippen LogP) is 8.58. The second-order valence-corrected chi connectivity index (χ2v) is 8.14. The van der Waals surface area contributed by atoms with Gasteiger partial charge in [-0.2, -0.15) is 4.39 Å². The molecule has 31 heavy (non-hydrogen) atoms. The molecule has 2 aromatic rings. The molecule has 0 saturated heterocycles.